The largest absolute Gasteiger partial charge is 0.325 e. The van der Waals surface area contributed by atoms with Gasteiger partial charge in [0.15, 0.2) is 0 Å². The molecule has 0 saturated carbocycles. The van der Waals surface area contributed by atoms with Crippen LogP contribution in [0, 0.1) is 5.82 Å². The minimum absolute atomic E-state index is 0.0261. The summed E-state index contributed by atoms with van der Waals surface area (Å²) in [6.07, 6.45) is 1.03. The highest BCUT2D eigenvalue weighted by molar-refractivity contribution is 5.92. The van der Waals surface area contributed by atoms with Gasteiger partial charge in [-0.1, -0.05) is 30.3 Å². The van der Waals surface area contributed by atoms with Crippen LogP contribution in [0.4, 0.5) is 10.1 Å². The molecule has 1 saturated heterocycles. The van der Waals surface area contributed by atoms with Crippen LogP contribution < -0.4 is 5.32 Å². The third-order valence-electron chi connectivity index (χ3n) is 4.43. The molecule has 25 heavy (non-hydrogen) atoms. The van der Waals surface area contributed by atoms with Crippen LogP contribution in [0.15, 0.2) is 54.6 Å². The first kappa shape index (κ1) is 17.6. The first-order chi connectivity index (χ1) is 12.2. The summed E-state index contributed by atoms with van der Waals surface area (Å²) < 4.78 is 13.0. The van der Waals surface area contributed by atoms with Crippen LogP contribution in [0.2, 0.25) is 0 Å². The smallest absolute Gasteiger partial charge is 0.238 e. The number of para-hydroxylation sites is 1. The Labute approximate surface area is 148 Å². The summed E-state index contributed by atoms with van der Waals surface area (Å²) in [6.45, 7) is 4.93. The van der Waals surface area contributed by atoms with Gasteiger partial charge in [-0.3, -0.25) is 14.6 Å². The van der Waals surface area contributed by atoms with Crippen LogP contribution in [-0.2, 0) is 11.3 Å². The number of hydrogen-bond donors (Lipinski definition) is 1. The van der Waals surface area contributed by atoms with Crippen molar-refractivity contribution in [2.75, 3.05) is 38.0 Å². The van der Waals surface area contributed by atoms with Crippen molar-refractivity contribution in [3.8, 4) is 0 Å². The van der Waals surface area contributed by atoms with E-state index >= 15 is 0 Å². The van der Waals surface area contributed by atoms with Crippen LogP contribution in [0.3, 0.4) is 0 Å². The predicted molar refractivity (Wildman–Crippen MR) is 97.8 cm³/mol. The molecule has 0 spiro atoms. The van der Waals surface area contributed by atoms with Gasteiger partial charge in [-0.2, -0.15) is 0 Å². The number of rotatable bonds is 5. The predicted octanol–water partition coefficient (Wildman–Crippen LogP) is 2.97. The first-order valence-electron chi connectivity index (χ1n) is 8.73. The normalized spacial score (nSPS) is 16.4. The van der Waals surface area contributed by atoms with Gasteiger partial charge in [0.25, 0.3) is 0 Å². The molecule has 2 aromatic carbocycles. The molecule has 1 aliphatic rings. The number of nitrogens with zero attached hydrogens (tertiary/aromatic N) is 2. The summed E-state index contributed by atoms with van der Waals surface area (Å²) in [4.78, 5) is 16.8. The zero-order chi connectivity index (χ0) is 17.5. The number of hydrogen-bond acceptors (Lipinski definition) is 3. The lowest BCUT2D eigenvalue weighted by Gasteiger charge is -2.21. The Bertz CT molecular complexity index is 675. The van der Waals surface area contributed by atoms with E-state index in [1.807, 2.05) is 42.5 Å². The van der Waals surface area contributed by atoms with Crippen molar-refractivity contribution in [3.63, 3.8) is 0 Å². The number of benzene rings is 2. The second kappa shape index (κ2) is 8.74. The minimum Gasteiger partial charge on any atom is -0.325 e. The Morgan fingerprint density at radius 2 is 1.60 bits per heavy atom. The highest BCUT2D eigenvalue weighted by atomic mass is 19.1. The highest BCUT2D eigenvalue weighted by Crippen LogP contribution is 2.11. The van der Waals surface area contributed by atoms with Gasteiger partial charge in [-0.15, -0.1) is 0 Å². The molecule has 0 radical (unpaired) electrons. The number of carbonyl (C=O) groups is 1. The van der Waals surface area contributed by atoms with E-state index < -0.39 is 0 Å². The number of carbonyl (C=O) groups excluding carboxylic acids is 1. The lowest BCUT2D eigenvalue weighted by molar-refractivity contribution is -0.117. The molecule has 0 bridgehead atoms. The van der Waals surface area contributed by atoms with E-state index in [0.29, 0.717) is 6.54 Å². The fraction of sp³-hybridized carbons (Fsp3) is 0.350. The third-order valence-corrected chi connectivity index (χ3v) is 4.43. The average Bonchev–Trinajstić information content (AvgIpc) is 2.83. The average molecular weight is 341 g/mol. The van der Waals surface area contributed by atoms with Crippen molar-refractivity contribution in [2.24, 2.45) is 0 Å². The number of halogens is 1. The van der Waals surface area contributed by atoms with Crippen LogP contribution in [-0.4, -0.2) is 48.4 Å². The standard InChI is InChI=1S/C20H24FN3O/c21-18-9-7-17(8-10-18)15-23-11-4-12-24(14-13-23)16-20(25)22-19-5-2-1-3-6-19/h1-3,5-10H,4,11-16H2,(H,22,25). The zero-order valence-electron chi connectivity index (χ0n) is 14.3. The van der Waals surface area contributed by atoms with Crippen LogP contribution >= 0.6 is 0 Å². The van der Waals surface area contributed by atoms with Crippen LogP contribution in [0.25, 0.3) is 0 Å². The van der Waals surface area contributed by atoms with E-state index in [4.69, 9.17) is 0 Å². The summed E-state index contributed by atoms with van der Waals surface area (Å²) in [5.41, 5.74) is 1.96. The molecule has 0 atom stereocenters. The van der Waals surface area contributed by atoms with Crippen molar-refractivity contribution in [1.82, 2.24) is 9.80 Å². The van der Waals surface area contributed by atoms with E-state index in [1.165, 1.54) is 12.1 Å². The third kappa shape index (κ3) is 5.66. The molecule has 0 aromatic heterocycles. The minimum atomic E-state index is -0.199. The van der Waals surface area contributed by atoms with Crippen molar-refractivity contribution in [3.05, 3.63) is 66.0 Å². The molecule has 2 aromatic rings. The Morgan fingerprint density at radius 1 is 0.920 bits per heavy atom. The zero-order valence-corrected chi connectivity index (χ0v) is 14.3. The SMILES string of the molecule is O=C(CN1CCCN(Cc2ccc(F)cc2)CC1)Nc1ccccc1. The monoisotopic (exact) mass is 341 g/mol. The summed E-state index contributed by atoms with van der Waals surface area (Å²) >= 11 is 0. The van der Waals surface area contributed by atoms with Crippen molar-refractivity contribution < 1.29 is 9.18 Å². The second-order valence-corrected chi connectivity index (χ2v) is 6.45. The topological polar surface area (TPSA) is 35.6 Å². The van der Waals surface area contributed by atoms with Crippen LogP contribution in [0.1, 0.15) is 12.0 Å². The van der Waals surface area contributed by atoms with Gasteiger partial charge in [-0.25, -0.2) is 4.39 Å². The van der Waals surface area contributed by atoms with Crippen molar-refractivity contribution in [2.45, 2.75) is 13.0 Å². The van der Waals surface area contributed by atoms with E-state index in [0.717, 1.165) is 50.4 Å². The van der Waals surface area contributed by atoms with Gasteiger partial charge in [-0.05, 0) is 49.3 Å². The van der Waals surface area contributed by atoms with Gasteiger partial charge < -0.3 is 5.32 Å². The molecule has 0 unspecified atom stereocenters. The number of amides is 1. The molecule has 1 N–H and O–H groups in total. The Morgan fingerprint density at radius 3 is 2.36 bits per heavy atom. The van der Waals surface area contributed by atoms with Gasteiger partial charge in [0.05, 0.1) is 6.54 Å². The quantitative estimate of drug-likeness (QED) is 0.908. The van der Waals surface area contributed by atoms with E-state index in [-0.39, 0.29) is 11.7 Å². The summed E-state index contributed by atoms with van der Waals surface area (Å²) in [7, 11) is 0. The molecule has 1 heterocycles. The molecule has 0 aliphatic carbocycles. The molecule has 5 heteroatoms. The number of anilines is 1. The molecule has 1 fully saturated rings. The van der Waals surface area contributed by atoms with E-state index in [9.17, 15) is 9.18 Å². The van der Waals surface area contributed by atoms with Gasteiger partial charge in [0.2, 0.25) is 5.91 Å². The Hall–Kier alpha value is -2.24. The lowest BCUT2D eigenvalue weighted by atomic mass is 10.2. The molecule has 1 amide bonds. The maximum atomic E-state index is 13.0. The molecular formula is C20H24FN3O. The molecule has 3 rings (SSSR count). The van der Waals surface area contributed by atoms with E-state index in [1.54, 1.807) is 0 Å². The molecule has 1 aliphatic heterocycles. The number of nitrogens with one attached hydrogen (secondary N) is 1. The van der Waals surface area contributed by atoms with Gasteiger partial charge >= 0.3 is 0 Å². The maximum Gasteiger partial charge on any atom is 0.238 e. The lowest BCUT2D eigenvalue weighted by Crippen LogP contribution is -2.36. The Kier molecular flexibility index (Phi) is 6.14. The van der Waals surface area contributed by atoms with Crippen LogP contribution in [0.5, 0.6) is 0 Å². The second-order valence-electron chi connectivity index (χ2n) is 6.45. The Balaban J connectivity index is 1.46. The van der Waals surface area contributed by atoms with Gasteiger partial charge in [0, 0.05) is 25.3 Å². The fourth-order valence-electron chi connectivity index (χ4n) is 3.11. The first-order valence-corrected chi connectivity index (χ1v) is 8.73. The summed E-state index contributed by atoms with van der Waals surface area (Å²) in [5.74, 6) is -0.173. The molecule has 4 nitrogen and oxygen atoms in total. The molecule has 132 valence electrons. The summed E-state index contributed by atoms with van der Waals surface area (Å²) in [6, 6.07) is 16.2. The van der Waals surface area contributed by atoms with Gasteiger partial charge in [0.1, 0.15) is 5.82 Å². The van der Waals surface area contributed by atoms with Crippen molar-refractivity contribution in [1.29, 1.82) is 0 Å². The highest BCUT2D eigenvalue weighted by Gasteiger charge is 2.17. The fourth-order valence-corrected chi connectivity index (χ4v) is 3.11. The van der Waals surface area contributed by atoms with Crippen molar-refractivity contribution >= 4 is 11.6 Å². The van der Waals surface area contributed by atoms with E-state index in [2.05, 4.69) is 15.1 Å². The summed E-state index contributed by atoms with van der Waals surface area (Å²) in [5, 5.41) is 2.94. The maximum absolute atomic E-state index is 13.0. The molecular weight excluding hydrogens is 317 g/mol.